The van der Waals surface area contributed by atoms with Gasteiger partial charge in [0.1, 0.15) is 10.9 Å². The fourth-order valence-corrected chi connectivity index (χ4v) is 5.38. The van der Waals surface area contributed by atoms with E-state index >= 15 is 0 Å². The third-order valence-corrected chi connectivity index (χ3v) is 7.32. The summed E-state index contributed by atoms with van der Waals surface area (Å²) in [7, 11) is 1.50. The average Bonchev–Trinajstić information content (AvgIpc) is 3.47. The number of ether oxygens (including phenoxy) is 2. The number of anilines is 1. The minimum absolute atomic E-state index is 0.222. The maximum Gasteiger partial charge on any atom is 0.388 e. The molecule has 4 aromatic heterocycles. The Morgan fingerprint density at radius 3 is 2.52 bits per heavy atom. The van der Waals surface area contributed by atoms with Gasteiger partial charge in [0.15, 0.2) is 5.13 Å². The number of hydrogen-bond acceptors (Lipinski definition) is 9. The molecule has 1 aliphatic rings. The average molecular weight is 587 g/mol. The molecule has 5 rings (SSSR count). The van der Waals surface area contributed by atoms with Crippen molar-refractivity contribution < 1.29 is 27.8 Å². The number of halogens is 3. The fourth-order valence-electron chi connectivity index (χ4n) is 4.24. The van der Waals surface area contributed by atoms with Crippen molar-refractivity contribution in [3.63, 3.8) is 0 Å². The molecule has 14 heteroatoms. The normalized spacial score (nSPS) is 12.4. The number of thiazole rings is 1. The van der Waals surface area contributed by atoms with Crippen LogP contribution in [0.3, 0.4) is 0 Å². The number of carbonyl (C=O) groups is 2. The van der Waals surface area contributed by atoms with Crippen LogP contribution in [0.4, 0.5) is 13.9 Å². The van der Waals surface area contributed by atoms with E-state index in [-0.39, 0.29) is 35.6 Å². The Labute approximate surface area is 236 Å². The number of fused-ring (bicyclic) bond motifs is 1. The highest BCUT2D eigenvalue weighted by Crippen LogP contribution is 2.36. The molecule has 1 N–H and O–H groups in total. The Kier molecular flexibility index (Phi) is 7.59. The van der Waals surface area contributed by atoms with Crippen LogP contribution in [-0.4, -0.2) is 50.4 Å². The molecule has 0 bridgehead atoms. The predicted octanol–water partition coefficient (Wildman–Crippen LogP) is 5.28. The number of rotatable bonds is 7. The molecule has 2 amide bonds. The predicted molar refractivity (Wildman–Crippen MR) is 143 cm³/mol. The Morgan fingerprint density at radius 2 is 1.82 bits per heavy atom. The van der Waals surface area contributed by atoms with Gasteiger partial charge in [0.25, 0.3) is 11.8 Å². The van der Waals surface area contributed by atoms with E-state index in [1.165, 1.54) is 43.1 Å². The summed E-state index contributed by atoms with van der Waals surface area (Å²) in [5.74, 6) is -0.553. The second kappa shape index (κ2) is 11.1. The summed E-state index contributed by atoms with van der Waals surface area (Å²) in [5, 5.41) is 3.45. The summed E-state index contributed by atoms with van der Waals surface area (Å²) >= 11 is 7.38. The van der Waals surface area contributed by atoms with Crippen LogP contribution in [0.5, 0.6) is 11.6 Å². The van der Waals surface area contributed by atoms with Crippen molar-refractivity contribution in [3.8, 4) is 22.8 Å². The van der Waals surface area contributed by atoms with Crippen LogP contribution >= 0.6 is 22.9 Å². The second-order valence-corrected chi connectivity index (χ2v) is 10.3. The molecule has 5 heterocycles. The molecule has 1 aliphatic heterocycles. The number of alkyl halides is 2. The Hall–Kier alpha value is -4.23. The quantitative estimate of drug-likeness (QED) is 0.290. The lowest BCUT2D eigenvalue weighted by molar-refractivity contribution is -0.0528. The molecule has 0 unspecified atom stereocenters. The van der Waals surface area contributed by atoms with E-state index in [1.54, 1.807) is 24.0 Å². The van der Waals surface area contributed by atoms with Gasteiger partial charge in [-0.3, -0.25) is 19.9 Å². The van der Waals surface area contributed by atoms with Crippen LogP contribution in [0.25, 0.3) is 11.1 Å². The van der Waals surface area contributed by atoms with Crippen molar-refractivity contribution in [3.05, 3.63) is 74.9 Å². The summed E-state index contributed by atoms with van der Waals surface area (Å²) < 4.78 is 34.6. The third-order valence-electron chi connectivity index (χ3n) is 6.12. The molecule has 0 saturated carbocycles. The first-order chi connectivity index (χ1) is 19.1. The van der Waals surface area contributed by atoms with Crippen molar-refractivity contribution in [1.82, 2.24) is 24.8 Å². The van der Waals surface area contributed by atoms with Gasteiger partial charge in [-0.15, -0.1) is 0 Å². The van der Waals surface area contributed by atoms with E-state index in [9.17, 15) is 18.4 Å². The second-order valence-electron chi connectivity index (χ2n) is 8.80. The molecule has 0 atom stereocenters. The molecule has 0 aliphatic carbocycles. The van der Waals surface area contributed by atoms with Gasteiger partial charge in [0, 0.05) is 35.3 Å². The third kappa shape index (κ3) is 5.56. The number of amides is 2. The molecular weight excluding hydrogens is 566 g/mol. The standard InChI is InChI=1S/C26H21ClF2N6O4S/c1-12-4-22(39-25(28)29)32-7-16(12)24(37)35-10-18-20(11-35)40-26(33-18)34-23(36)17-8-30-13(2)5-14(17)15-6-21(27)31-9-19(15)38-3/h4-9,25H,10-11H2,1-3H3,(H,33,34,36). The Bertz CT molecular complexity index is 1610. The van der Waals surface area contributed by atoms with Crippen LogP contribution in [0.2, 0.25) is 5.15 Å². The summed E-state index contributed by atoms with van der Waals surface area (Å²) in [4.78, 5) is 45.4. The highest BCUT2D eigenvalue weighted by molar-refractivity contribution is 7.16. The van der Waals surface area contributed by atoms with Crippen LogP contribution in [0, 0.1) is 13.8 Å². The molecule has 0 aromatic carbocycles. The lowest BCUT2D eigenvalue weighted by Gasteiger charge is -2.17. The SMILES string of the molecule is COc1cnc(Cl)cc1-c1cc(C)ncc1C(=O)Nc1nc2c(s1)CN(C(=O)c1cnc(OC(F)F)cc1C)C2. The minimum atomic E-state index is -3.00. The zero-order chi connectivity index (χ0) is 28.6. The molecule has 206 valence electrons. The van der Waals surface area contributed by atoms with Gasteiger partial charge in [-0.25, -0.2) is 15.0 Å². The van der Waals surface area contributed by atoms with Crippen molar-refractivity contribution >= 4 is 39.9 Å². The first-order valence-electron chi connectivity index (χ1n) is 11.8. The lowest BCUT2D eigenvalue weighted by Crippen LogP contribution is -2.26. The van der Waals surface area contributed by atoms with Gasteiger partial charge in [0.2, 0.25) is 5.88 Å². The van der Waals surface area contributed by atoms with Crippen molar-refractivity contribution in [2.24, 2.45) is 0 Å². The zero-order valence-electron chi connectivity index (χ0n) is 21.4. The van der Waals surface area contributed by atoms with Gasteiger partial charge in [-0.05, 0) is 31.5 Å². The largest absolute Gasteiger partial charge is 0.494 e. The van der Waals surface area contributed by atoms with Gasteiger partial charge in [0.05, 0.1) is 48.1 Å². The highest BCUT2D eigenvalue weighted by atomic mass is 35.5. The van der Waals surface area contributed by atoms with E-state index in [0.29, 0.717) is 44.5 Å². The number of pyridine rings is 3. The van der Waals surface area contributed by atoms with E-state index < -0.39 is 12.5 Å². The van der Waals surface area contributed by atoms with Crippen LogP contribution in [-0.2, 0) is 13.1 Å². The molecule has 4 aromatic rings. The van der Waals surface area contributed by atoms with Crippen LogP contribution < -0.4 is 14.8 Å². The van der Waals surface area contributed by atoms with Gasteiger partial charge in [-0.1, -0.05) is 22.9 Å². The first-order valence-corrected chi connectivity index (χ1v) is 13.0. The Balaban J connectivity index is 1.32. The van der Waals surface area contributed by atoms with E-state index in [0.717, 1.165) is 4.88 Å². The maximum atomic E-state index is 13.3. The lowest BCUT2D eigenvalue weighted by atomic mass is 10.0. The molecule has 10 nitrogen and oxygen atoms in total. The highest BCUT2D eigenvalue weighted by Gasteiger charge is 2.30. The van der Waals surface area contributed by atoms with Crippen molar-refractivity contribution in [1.29, 1.82) is 0 Å². The van der Waals surface area contributed by atoms with Gasteiger partial charge >= 0.3 is 6.61 Å². The zero-order valence-corrected chi connectivity index (χ0v) is 22.9. The topological polar surface area (TPSA) is 119 Å². The smallest absolute Gasteiger partial charge is 0.388 e. The number of hydrogen-bond donors (Lipinski definition) is 1. The number of carbonyl (C=O) groups excluding carboxylic acids is 2. The summed E-state index contributed by atoms with van der Waals surface area (Å²) in [5.41, 5.74) is 3.54. The summed E-state index contributed by atoms with van der Waals surface area (Å²) in [6, 6.07) is 4.67. The monoisotopic (exact) mass is 586 g/mol. The van der Waals surface area contributed by atoms with Crippen LogP contribution in [0.15, 0.2) is 36.8 Å². The molecule has 40 heavy (non-hydrogen) atoms. The number of aryl methyl sites for hydroxylation is 2. The van der Waals surface area contributed by atoms with E-state index in [1.807, 2.05) is 6.92 Å². The molecule has 0 spiro atoms. The summed E-state index contributed by atoms with van der Waals surface area (Å²) in [6.07, 6.45) is 4.18. The number of methoxy groups -OCH3 is 1. The van der Waals surface area contributed by atoms with Crippen LogP contribution in [0.1, 0.15) is 42.5 Å². The number of nitrogens with zero attached hydrogens (tertiary/aromatic N) is 5. The molecule has 0 saturated heterocycles. The Morgan fingerprint density at radius 1 is 1.05 bits per heavy atom. The van der Waals surface area contributed by atoms with Gasteiger partial charge in [-0.2, -0.15) is 8.78 Å². The molecule has 0 radical (unpaired) electrons. The maximum absolute atomic E-state index is 13.3. The van der Waals surface area contributed by atoms with E-state index in [4.69, 9.17) is 16.3 Å². The number of nitrogens with one attached hydrogen (secondary N) is 1. The van der Waals surface area contributed by atoms with Crippen molar-refractivity contribution in [2.75, 3.05) is 12.4 Å². The molecule has 0 fully saturated rings. The minimum Gasteiger partial charge on any atom is -0.494 e. The fraction of sp³-hybridized carbons (Fsp3) is 0.231. The van der Waals surface area contributed by atoms with Crippen molar-refractivity contribution in [2.45, 2.75) is 33.5 Å². The van der Waals surface area contributed by atoms with Gasteiger partial charge < -0.3 is 14.4 Å². The molecular formula is C26H21ClF2N6O4S. The number of aromatic nitrogens is 4. The summed E-state index contributed by atoms with van der Waals surface area (Å²) in [6.45, 7) is 0.922. The first kappa shape index (κ1) is 27.3. The van der Waals surface area contributed by atoms with E-state index in [2.05, 4.69) is 30.0 Å².